The molecule has 3 aromatic carbocycles. The molecular formula is C57H60Cl5N3O12S3. The van der Waals surface area contributed by atoms with Crippen LogP contribution in [0.2, 0.25) is 0 Å². The van der Waals surface area contributed by atoms with Crippen molar-refractivity contribution in [3.8, 4) is 17.2 Å². The van der Waals surface area contributed by atoms with Crippen LogP contribution in [0.25, 0.3) is 30.3 Å². The van der Waals surface area contributed by atoms with Crippen LogP contribution in [0, 0.1) is 20.8 Å². The van der Waals surface area contributed by atoms with Gasteiger partial charge in [0.15, 0.2) is 17.2 Å². The SMILES string of the molecule is CC(=O)Oc1cc2c(c3c(C)csc13)[C@@H](CCl)CN2C(=O)CCCC(=O)N1C[C@H](CCl)c2c1cc(OC(C)=O)c1scc(C)c21.CC(=O)Oc1cc2c(c3c(C)csc13)[C@@H](CCl)CN2C(=O)OC(C)(C)C.O=C(Cl)CCCC(=O)Cl. The average Bonchev–Trinajstić information content (AvgIpc) is 4.39. The maximum atomic E-state index is 13.7. The standard InChI is InChI=1S/C33H32Cl2N2O6S2.C19H22ClNO4S.C5H6Cl2O2/c1-16-14-44-32-24(42-18(3)38)8-22-30(28(16)32)20(10-34)12-36(22)26(40)6-5-7-27(41)37-13-21(11-35)31-23(37)9-25(43-19(4)39)33-29(31)17(2)15-45-33;1-10-9-26-17-14(24-11(2)22)6-13-16(15(10)17)12(7-20)8-21(13)18(23)25-19(3,4)5;6-4(8)2-1-3-5(7)9/h8-9,14-15,20-21H,5-7,10-13H2,1-4H3;6,9,12H,7-8H2,1-5H3;1-3H2/t20-,21-;12-;/m00./s1. The highest BCUT2D eigenvalue weighted by atomic mass is 35.5. The van der Waals surface area contributed by atoms with Crippen LogP contribution >= 0.6 is 92.0 Å². The van der Waals surface area contributed by atoms with Gasteiger partial charge in [-0.05, 0) is 127 Å². The zero-order valence-corrected chi connectivity index (χ0v) is 51.8. The number of ether oxygens (including phenoxy) is 4. The van der Waals surface area contributed by atoms with Crippen molar-refractivity contribution in [2.24, 2.45) is 0 Å². The van der Waals surface area contributed by atoms with E-state index in [4.69, 9.17) is 77.0 Å². The third kappa shape index (κ3) is 13.9. The van der Waals surface area contributed by atoms with Gasteiger partial charge in [0, 0.05) is 136 Å². The maximum Gasteiger partial charge on any atom is 0.414 e. The summed E-state index contributed by atoms with van der Waals surface area (Å²) in [6.07, 6.45) is 1.13. The number of halogens is 5. The Morgan fingerprint density at radius 3 is 1.10 bits per heavy atom. The summed E-state index contributed by atoms with van der Waals surface area (Å²) in [6, 6.07) is 5.29. The lowest BCUT2D eigenvalue weighted by Crippen LogP contribution is -2.36. The molecule has 9 rings (SSSR count). The minimum Gasteiger partial charge on any atom is -0.443 e. The number of amides is 3. The summed E-state index contributed by atoms with van der Waals surface area (Å²) >= 11 is 33.5. The highest BCUT2D eigenvalue weighted by Crippen LogP contribution is 2.52. The van der Waals surface area contributed by atoms with Gasteiger partial charge in [-0.25, -0.2) is 4.79 Å². The van der Waals surface area contributed by atoms with Crippen molar-refractivity contribution in [2.45, 2.75) is 124 Å². The molecule has 0 unspecified atom stereocenters. The lowest BCUT2D eigenvalue weighted by atomic mass is 9.97. The Morgan fingerprint density at radius 1 is 0.512 bits per heavy atom. The second-order valence-electron chi connectivity index (χ2n) is 20.6. The number of esters is 3. The summed E-state index contributed by atoms with van der Waals surface area (Å²) < 4.78 is 24.7. The number of carbonyl (C=O) groups is 8. The first-order valence-corrected chi connectivity index (χ1v) is 30.6. The third-order valence-corrected chi connectivity index (χ3v) is 18.2. The van der Waals surface area contributed by atoms with Crippen molar-refractivity contribution in [1.82, 2.24) is 0 Å². The molecule has 3 aliphatic rings. The minimum absolute atomic E-state index is 0.00126. The fourth-order valence-corrected chi connectivity index (χ4v) is 14.3. The fourth-order valence-electron chi connectivity index (χ4n) is 10.3. The van der Waals surface area contributed by atoms with Gasteiger partial charge in [-0.1, -0.05) is 0 Å². The third-order valence-electron chi connectivity index (χ3n) is 13.4. The number of hydrogen-bond donors (Lipinski definition) is 0. The summed E-state index contributed by atoms with van der Waals surface area (Å²) in [4.78, 5) is 100. The molecule has 3 aromatic heterocycles. The number of carbonyl (C=O) groups excluding carboxylic acids is 8. The van der Waals surface area contributed by atoms with Crippen molar-refractivity contribution in [2.75, 3.05) is 52.0 Å². The number of anilines is 3. The minimum atomic E-state index is -0.600. The van der Waals surface area contributed by atoms with Crippen LogP contribution < -0.4 is 28.9 Å². The number of aryl methyl sites for hydroxylation is 3. The van der Waals surface area contributed by atoms with Gasteiger partial charge in [0.05, 0.1) is 31.2 Å². The topological polar surface area (TPSA) is 183 Å². The van der Waals surface area contributed by atoms with E-state index < -0.39 is 40.1 Å². The predicted octanol–water partition coefficient (Wildman–Crippen LogP) is 14.7. The van der Waals surface area contributed by atoms with Gasteiger partial charge in [-0.2, -0.15) is 0 Å². The molecule has 80 heavy (non-hydrogen) atoms. The lowest BCUT2D eigenvalue weighted by molar-refractivity contribution is -0.132. The van der Waals surface area contributed by atoms with Gasteiger partial charge >= 0.3 is 24.0 Å². The smallest absolute Gasteiger partial charge is 0.414 e. The van der Waals surface area contributed by atoms with Gasteiger partial charge in [0.1, 0.15) is 5.60 Å². The highest BCUT2D eigenvalue weighted by molar-refractivity contribution is 7.18. The second kappa shape index (κ2) is 26.5. The van der Waals surface area contributed by atoms with E-state index in [2.05, 4.69) is 0 Å². The van der Waals surface area contributed by atoms with Crippen LogP contribution in [-0.2, 0) is 38.3 Å². The van der Waals surface area contributed by atoms with Crippen LogP contribution in [0.3, 0.4) is 0 Å². The van der Waals surface area contributed by atoms with Gasteiger partial charge in [-0.15, -0.1) is 68.8 Å². The molecule has 0 saturated carbocycles. The molecule has 3 aliphatic heterocycles. The monoisotopic (exact) mass is 1250 g/mol. The van der Waals surface area contributed by atoms with E-state index in [0.717, 1.165) is 63.6 Å². The number of rotatable bonds is 14. The van der Waals surface area contributed by atoms with Gasteiger partial charge < -0.3 is 28.7 Å². The van der Waals surface area contributed by atoms with E-state index in [1.54, 1.807) is 32.9 Å². The van der Waals surface area contributed by atoms with Crippen molar-refractivity contribution in [3.05, 3.63) is 67.7 Å². The Balaban J connectivity index is 0.000000221. The zero-order chi connectivity index (χ0) is 58.7. The first-order valence-electron chi connectivity index (χ1n) is 25.6. The largest absolute Gasteiger partial charge is 0.443 e. The molecule has 3 atom stereocenters. The van der Waals surface area contributed by atoms with E-state index in [1.807, 2.05) is 57.7 Å². The van der Waals surface area contributed by atoms with Crippen LogP contribution in [0.5, 0.6) is 17.2 Å². The molecule has 428 valence electrons. The highest BCUT2D eigenvalue weighted by Gasteiger charge is 2.40. The van der Waals surface area contributed by atoms with Crippen molar-refractivity contribution >= 4 is 186 Å². The molecule has 0 aliphatic carbocycles. The second-order valence-corrected chi connectivity index (χ2v) is 25.1. The Hall–Kier alpha value is -5.05. The molecule has 6 aromatic rings. The van der Waals surface area contributed by atoms with Crippen LogP contribution in [0.4, 0.5) is 21.9 Å². The number of nitrogens with zero attached hydrogens (tertiary/aromatic N) is 3. The van der Waals surface area contributed by atoms with E-state index in [0.29, 0.717) is 84.4 Å². The summed E-state index contributed by atoms with van der Waals surface area (Å²) in [5.74, 6) is 0.788. The summed E-state index contributed by atoms with van der Waals surface area (Å²) in [5, 5.41) is 8.19. The normalized spacial score (nSPS) is 16.1. The maximum absolute atomic E-state index is 13.7. The molecule has 3 amide bonds. The first-order chi connectivity index (χ1) is 37.8. The predicted molar refractivity (Wildman–Crippen MR) is 322 cm³/mol. The Kier molecular flexibility index (Phi) is 20.7. The van der Waals surface area contributed by atoms with Crippen LogP contribution in [-0.4, -0.2) is 89.2 Å². The fraction of sp³-hybridized carbons (Fsp3) is 0.439. The molecular weight excluding hydrogens is 1190 g/mol. The Bertz CT molecular complexity index is 3290. The van der Waals surface area contributed by atoms with E-state index in [1.165, 1.54) is 54.8 Å². The average molecular weight is 1250 g/mol. The Labute approximate surface area is 500 Å². The van der Waals surface area contributed by atoms with E-state index in [9.17, 15) is 38.4 Å². The molecule has 0 spiro atoms. The van der Waals surface area contributed by atoms with Gasteiger partial charge in [0.25, 0.3) is 0 Å². The van der Waals surface area contributed by atoms with E-state index in [-0.39, 0.29) is 55.3 Å². The molecule has 0 bridgehead atoms. The van der Waals surface area contributed by atoms with Crippen LogP contribution in [0.15, 0.2) is 34.3 Å². The summed E-state index contributed by atoms with van der Waals surface area (Å²) in [6.45, 7) is 16.9. The molecule has 23 heteroatoms. The molecule has 0 radical (unpaired) electrons. The number of fused-ring (bicyclic) bond motifs is 9. The van der Waals surface area contributed by atoms with Gasteiger partial charge in [-0.3, -0.25) is 38.5 Å². The number of thiophene rings is 3. The molecule has 6 heterocycles. The molecule has 0 fully saturated rings. The quantitative estimate of drug-likeness (QED) is 0.0436. The van der Waals surface area contributed by atoms with Gasteiger partial charge in [0.2, 0.25) is 22.3 Å². The number of benzene rings is 3. The summed E-state index contributed by atoms with van der Waals surface area (Å²) in [7, 11) is 0. The number of alkyl halides is 3. The summed E-state index contributed by atoms with van der Waals surface area (Å²) in [5.41, 5.74) is 7.70. The molecule has 15 nitrogen and oxygen atoms in total. The van der Waals surface area contributed by atoms with E-state index >= 15 is 0 Å². The number of hydrogen-bond acceptors (Lipinski definition) is 15. The van der Waals surface area contributed by atoms with Crippen LogP contribution in [0.1, 0.15) is 131 Å². The lowest BCUT2D eigenvalue weighted by Gasteiger charge is -2.25. The molecule has 0 saturated heterocycles. The first kappa shape index (κ1) is 62.5. The molecule has 0 N–H and O–H groups in total. The van der Waals surface area contributed by atoms with Crippen molar-refractivity contribution in [1.29, 1.82) is 0 Å². The van der Waals surface area contributed by atoms with Crippen molar-refractivity contribution in [3.63, 3.8) is 0 Å². The zero-order valence-electron chi connectivity index (χ0n) is 45.5. The Morgan fingerprint density at radius 2 is 0.812 bits per heavy atom. The van der Waals surface area contributed by atoms with Crippen molar-refractivity contribution < 1.29 is 57.3 Å².